The molecule has 1 fully saturated rings. The van der Waals surface area contributed by atoms with Crippen LogP contribution in [0.3, 0.4) is 0 Å². The van der Waals surface area contributed by atoms with E-state index in [9.17, 15) is 0 Å². The quantitative estimate of drug-likeness (QED) is 0.931. The van der Waals surface area contributed by atoms with Crippen molar-refractivity contribution in [2.24, 2.45) is 0 Å². The van der Waals surface area contributed by atoms with Crippen molar-refractivity contribution in [3.05, 3.63) is 60.2 Å². The molecule has 3 heteroatoms. The minimum absolute atomic E-state index is 0.372. The minimum Gasteiger partial charge on any atom is -0.494 e. The molecule has 1 aliphatic heterocycles. The molecule has 0 aromatic heterocycles. The summed E-state index contributed by atoms with van der Waals surface area (Å²) in [5.74, 6) is 0.945. The number of ether oxygens (including phenoxy) is 1. The maximum atomic E-state index is 5.64. The fourth-order valence-electron chi connectivity index (χ4n) is 2.90. The van der Waals surface area contributed by atoms with Crippen molar-refractivity contribution < 1.29 is 4.74 Å². The van der Waals surface area contributed by atoms with Crippen molar-refractivity contribution >= 4 is 5.69 Å². The van der Waals surface area contributed by atoms with Gasteiger partial charge in [0.25, 0.3) is 0 Å². The fraction of sp³-hybridized carbons (Fsp3) is 0.333. The molecule has 0 aliphatic carbocycles. The van der Waals surface area contributed by atoms with E-state index in [0.29, 0.717) is 12.6 Å². The predicted molar refractivity (Wildman–Crippen MR) is 87.0 cm³/mol. The van der Waals surface area contributed by atoms with Crippen molar-refractivity contribution in [1.82, 2.24) is 5.32 Å². The fourth-order valence-corrected chi connectivity index (χ4v) is 2.90. The molecule has 2 aromatic rings. The Balaban J connectivity index is 1.89. The summed E-state index contributed by atoms with van der Waals surface area (Å²) in [6.45, 7) is 5.72. The lowest BCUT2D eigenvalue weighted by Crippen LogP contribution is -2.46. The number of benzene rings is 2. The molecule has 1 N–H and O–H groups in total. The number of anilines is 1. The third-order valence-corrected chi connectivity index (χ3v) is 3.89. The Morgan fingerprint density at radius 3 is 2.81 bits per heavy atom. The van der Waals surface area contributed by atoms with Gasteiger partial charge >= 0.3 is 0 Å². The summed E-state index contributed by atoms with van der Waals surface area (Å²) >= 11 is 0. The second-order valence-electron chi connectivity index (χ2n) is 5.25. The van der Waals surface area contributed by atoms with E-state index in [1.165, 1.54) is 11.3 Å². The molecule has 3 nitrogen and oxygen atoms in total. The largest absolute Gasteiger partial charge is 0.494 e. The predicted octanol–water partition coefficient (Wildman–Crippen LogP) is 3.24. The third-order valence-electron chi connectivity index (χ3n) is 3.89. The van der Waals surface area contributed by atoms with Gasteiger partial charge in [0.05, 0.1) is 12.6 Å². The SMILES string of the molecule is CCOc1cccc(N2CCNCC2c2ccccc2)c1. The second-order valence-corrected chi connectivity index (χ2v) is 5.25. The van der Waals surface area contributed by atoms with Gasteiger partial charge in [0.15, 0.2) is 0 Å². The van der Waals surface area contributed by atoms with Gasteiger partial charge in [-0.25, -0.2) is 0 Å². The van der Waals surface area contributed by atoms with Crippen molar-refractivity contribution in [1.29, 1.82) is 0 Å². The third kappa shape index (κ3) is 3.19. The molecule has 1 aliphatic rings. The van der Waals surface area contributed by atoms with Crippen LogP contribution in [0, 0.1) is 0 Å². The van der Waals surface area contributed by atoms with Crippen molar-refractivity contribution in [2.75, 3.05) is 31.1 Å². The zero-order valence-corrected chi connectivity index (χ0v) is 12.5. The summed E-state index contributed by atoms with van der Waals surface area (Å²) in [5, 5.41) is 3.50. The average Bonchev–Trinajstić information content (AvgIpc) is 2.56. The number of rotatable bonds is 4. The zero-order chi connectivity index (χ0) is 14.5. The van der Waals surface area contributed by atoms with Gasteiger partial charge in [-0.2, -0.15) is 0 Å². The molecule has 1 atom stereocenters. The molecule has 1 saturated heterocycles. The Kier molecular flexibility index (Phi) is 4.41. The van der Waals surface area contributed by atoms with E-state index in [4.69, 9.17) is 4.74 Å². The molecule has 2 aromatic carbocycles. The standard InChI is InChI=1S/C18H22N2O/c1-2-21-17-10-6-9-16(13-17)20-12-11-19-14-18(20)15-7-4-3-5-8-15/h3-10,13,18-19H,2,11-12,14H2,1H3. The molecular formula is C18H22N2O. The van der Waals surface area contributed by atoms with Crippen molar-refractivity contribution in [3.8, 4) is 5.75 Å². The van der Waals surface area contributed by atoms with Crippen LogP contribution in [0.5, 0.6) is 5.75 Å². The second kappa shape index (κ2) is 6.64. The van der Waals surface area contributed by atoms with E-state index in [1.54, 1.807) is 0 Å². The molecule has 0 amide bonds. The van der Waals surface area contributed by atoms with Crippen LogP contribution < -0.4 is 15.0 Å². The maximum absolute atomic E-state index is 5.64. The molecule has 0 saturated carbocycles. The Morgan fingerprint density at radius 2 is 2.00 bits per heavy atom. The van der Waals surface area contributed by atoms with E-state index < -0.39 is 0 Å². The van der Waals surface area contributed by atoms with Crippen molar-refractivity contribution in [3.63, 3.8) is 0 Å². The molecule has 0 bridgehead atoms. The Labute approximate surface area is 126 Å². The first kappa shape index (κ1) is 14.0. The summed E-state index contributed by atoms with van der Waals surface area (Å²) in [6.07, 6.45) is 0. The molecular weight excluding hydrogens is 260 g/mol. The highest BCUT2D eigenvalue weighted by molar-refractivity contribution is 5.53. The van der Waals surface area contributed by atoms with Gasteiger partial charge in [-0.3, -0.25) is 0 Å². The molecule has 1 unspecified atom stereocenters. The molecule has 3 rings (SSSR count). The summed E-state index contributed by atoms with van der Waals surface area (Å²) in [7, 11) is 0. The van der Waals surface area contributed by atoms with Gasteiger partial charge in [-0.15, -0.1) is 0 Å². The molecule has 21 heavy (non-hydrogen) atoms. The zero-order valence-electron chi connectivity index (χ0n) is 12.5. The Bertz CT molecular complexity index is 570. The maximum Gasteiger partial charge on any atom is 0.121 e. The summed E-state index contributed by atoms with van der Waals surface area (Å²) < 4.78 is 5.64. The average molecular weight is 282 g/mol. The van der Waals surface area contributed by atoms with E-state index >= 15 is 0 Å². The van der Waals surface area contributed by atoms with Crippen LogP contribution in [-0.4, -0.2) is 26.2 Å². The van der Waals surface area contributed by atoms with Crippen LogP contribution in [0.2, 0.25) is 0 Å². The summed E-state index contributed by atoms with van der Waals surface area (Å²) in [4.78, 5) is 2.47. The van der Waals surface area contributed by atoms with E-state index in [-0.39, 0.29) is 0 Å². The number of piperazine rings is 1. The number of nitrogens with one attached hydrogen (secondary N) is 1. The van der Waals surface area contributed by atoms with Gasteiger partial charge in [0.1, 0.15) is 5.75 Å². The lowest BCUT2D eigenvalue weighted by Gasteiger charge is -2.38. The highest BCUT2D eigenvalue weighted by Crippen LogP contribution is 2.30. The number of nitrogens with zero attached hydrogens (tertiary/aromatic N) is 1. The summed E-state index contributed by atoms with van der Waals surface area (Å²) in [5.41, 5.74) is 2.59. The molecule has 110 valence electrons. The van der Waals surface area contributed by atoms with Crippen LogP contribution in [-0.2, 0) is 0 Å². The smallest absolute Gasteiger partial charge is 0.121 e. The summed E-state index contributed by atoms with van der Waals surface area (Å²) in [6, 6.07) is 19.5. The van der Waals surface area contributed by atoms with Gasteiger partial charge < -0.3 is 15.0 Å². The monoisotopic (exact) mass is 282 g/mol. The lowest BCUT2D eigenvalue weighted by atomic mass is 10.0. The first-order chi connectivity index (χ1) is 10.4. The minimum atomic E-state index is 0.372. The highest BCUT2D eigenvalue weighted by Gasteiger charge is 2.24. The molecule has 0 radical (unpaired) electrons. The van der Waals surface area contributed by atoms with Gasteiger partial charge in [-0.1, -0.05) is 36.4 Å². The molecule has 1 heterocycles. The van der Waals surface area contributed by atoms with E-state index in [2.05, 4.69) is 58.7 Å². The van der Waals surface area contributed by atoms with Crippen LogP contribution in [0.4, 0.5) is 5.69 Å². The van der Waals surface area contributed by atoms with Crippen molar-refractivity contribution in [2.45, 2.75) is 13.0 Å². The van der Waals surface area contributed by atoms with Crippen LogP contribution >= 0.6 is 0 Å². The van der Waals surface area contributed by atoms with Gasteiger partial charge in [0.2, 0.25) is 0 Å². The number of hydrogen-bond acceptors (Lipinski definition) is 3. The highest BCUT2D eigenvalue weighted by atomic mass is 16.5. The number of hydrogen-bond donors (Lipinski definition) is 1. The first-order valence-electron chi connectivity index (χ1n) is 7.63. The van der Waals surface area contributed by atoms with E-state index in [0.717, 1.165) is 25.4 Å². The Hall–Kier alpha value is -2.00. The van der Waals surface area contributed by atoms with Crippen LogP contribution in [0.15, 0.2) is 54.6 Å². The topological polar surface area (TPSA) is 24.5 Å². The first-order valence-corrected chi connectivity index (χ1v) is 7.63. The van der Waals surface area contributed by atoms with Gasteiger partial charge in [-0.05, 0) is 24.6 Å². The Morgan fingerprint density at radius 1 is 1.14 bits per heavy atom. The van der Waals surface area contributed by atoms with Crippen LogP contribution in [0.25, 0.3) is 0 Å². The molecule has 0 spiro atoms. The normalized spacial score (nSPS) is 18.5. The van der Waals surface area contributed by atoms with Gasteiger partial charge in [0, 0.05) is 31.4 Å². The van der Waals surface area contributed by atoms with E-state index in [1.807, 2.05) is 13.0 Å². The van der Waals surface area contributed by atoms with Crippen LogP contribution in [0.1, 0.15) is 18.5 Å². The lowest BCUT2D eigenvalue weighted by molar-refractivity contribution is 0.340.